The second-order valence-corrected chi connectivity index (χ2v) is 5.46. The molecule has 2 aromatic rings. The number of halogens is 2. The van der Waals surface area contributed by atoms with Crippen molar-refractivity contribution in [3.63, 3.8) is 0 Å². The Morgan fingerprint density at radius 2 is 2.26 bits per heavy atom. The molecule has 1 aromatic heterocycles. The van der Waals surface area contributed by atoms with Gasteiger partial charge in [-0.1, -0.05) is 21.1 Å². The molecule has 0 spiro atoms. The molecule has 0 amide bonds. The Labute approximate surface area is 117 Å². The van der Waals surface area contributed by atoms with E-state index in [1.165, 1.54) is 12.1 Å². The van der Waals surface area contributed by atoms with Gasteiger partial charge in [0.05, 0.1) is 0 Å². The molecule has 19 heavy (non-hydrogen) atoms. The van der Waals surface area contributed by atoms with Crippen LogP contribution < -0.4 is 5.32 Å². The van der Waals surface area contributed by atoms with Gasteiger partial charge in [-0.3, -0.25) is 0 Å². The monoisotopic (exact) mass is 327 g/mol. The average molecular weight is 328 g/mol. The van der Waals surface area contributed by atoms with Gasteiger partial charge >= 0.3 is 0 Å². The number of nitrogens with one attached hydrogen (secondary N) is 1. The molecule has 5 nitrogen and oxygen atoms in total. The van der Waals surface area contributed by atoms with Crippen LogP contribution in [0.3, 0.4) is 0 Å². The van der Waals surface area contributed by atoms with E-state index in [4.69, 9.17) is 4.52 Å². The third-order valence-corrected chi connectivity index (χ3v) is 3.54. The van der Waals surface area contributed by atoms with Gasteiger partial charge in [-0.25, -0.2) is 4.39 Å². The van der Waals surface area contributed by atoms with Crippen molar-refractivity contribution >= 4 is 15.9 Å². The summed E-state index contributed by atoms with van der Waals surface area (Å²) in [5, 5.41) is 17.1. The number of hydrogen-bond acceptors (Lipinski definition) is 5. The number of nitrogens with zero attached hydrogens (tertiary/aromatic N) is 2. The first-order valence-corrected chi connectivity index (χ1v) is 6.60. The summed E-state index contributed by atoms with van der Waals surface area (Å²) in [6.07, 6.45) is 0.515. The normalized spacial score (nSPS) is 22.9. The molecular formula is C12H11BrFN3O2. The summed E-state index contributed by atoms with van der Waals surface area (Å²) in [6.45, 7) is 1.07. The van der Waals surface area contributed by atoms with Crippen LogP contribution in [0.4, 0.5) is 4.39 Å². The van der Waals surface area contributed by atoms with Gasteiger partial charge in [0.25, 0.3) is 5.89 Å². The molecule has 0 bridgehead atoms. The van der Waals surface area contributed by atoms with Gasteiger partial charge in [-0.2, -0.15) is 4.98 Å². The van der Waals surface area contributed by atoms with Crippen LogP contribution in [0.15, 0.2) is 27.2 Å². The molecule has 1 unspecified atom stereocenters. The predicted octanol–water partition coefficient (Wildman–Crippen LogP) is 1.82. The lowest BCUT2D eigenvalue weighted by Gasteiger charge is -2.14. The van der Waals surface area contributed by atoms with E-state index in [1.54, 1.807) is 6.07 Å². The van der Waals surface area contributed by atoms with Crippen molar-refractivity contribution in [1.29, 1.82) is 0 Å². The van der Waals surface area contributed by atoms with Crippen LogP contribution in [0.2, 0.25) is 0 Å². The molecule has 0 aliphatic carbocycles. The molecule has 1 saturated heterocycles. The van der Waals surface area contributed by atoms with E-state index in [9.17, 15) is 9.50 Å². The molecular weight excluding hydrogens is 317 g/mol. The lowest BCUT2D eigenvalue weighted by Crippen LogP contribution is -2.28. The molecule has 0 saturated carbocycles. The lowest BCUT2D eigenvalue weighted by atomic mass is 10.0. The molecule has 3 rings (SSSR count). The molecule has 2 heterocycles. The standard InChI is InChI=1S/C12H11BrFN3O2/c13-8-3-7(4-9(14)5-8)10-16-11(19-17-10)12(18)1-2-15-6-12/h3-5,15,18H,1-2,6H2. The fraction of sp³-hybridized carbons (Fsp3) is 0.333. The fourth-order valence-electron chi connectivity index (χ4n) is 2.07. The maximum Gasteiger partial charge on any atom is 0.260 e. The van der Waals surface area contributed by atoms with Crippen molar-refractivity contribution < 1.29 is 14.0 Å². The number of benzene rings is 1. The molecule has 2 N–H and O–H groups in total. The Morgan fingerprint density at radius 1 is 1.42 bits per heavy atom. The van der Waals surface area contributed by atoms with Crippen molar-refractivity contribution in [3.8, 4) is 11.4 Å². The third kappa shape index (κ3) is 2.41. The first kappa shape index (κ1) is 12.7. The largest absolute Gasteiger partial charge is 0.379 e. The number of aromatic nitrogens is 2. The lowest BCUT2D eigenvalue weighted by molar-refractivity contribution is 0.0243. The van der Waals surface area contributed by atoms with Crippen LogP contribution >= 0.6 is 15.9 Å². The van der Waals surface area contributed by atoms with Crippen LogP contribution in [0.25, 0.3) is 11.4 Å². The maximum absolute atomic E-state index is 13.3. The van der Waals surface area contributed by atoms with Crippen molar-refractivity contribution in [2.24, 2.45) is 0 Å². The number of aliphatic hydroxyl groups is 1. The van der Waals surface area contributed by atoms with Gasteiger partial charge in [-0.15, -0.1) is 0 Å². The fourth-order valence-corrected chi connectivity index (χ4v) is 2.54. The predicted molar refractivity (Wildman–Crippen MR) is 68.8 cm³/mol. The van der Waals surface area contributed by atoms with Crippen molar-refractivity contribution in [2.75, 3.05) is 13.1 Å². The minimum Gasteiger partial charge on any atom is -0.379 e. The summed E-state index contributed by atoms with van der Waals surface area (Å²) < 4.78 is 19.0. The highest BCUT2D eigenvalue weighted by atomic mass is 79.9. The van der Waals surface area contributed by atoms with E-state index in [2.05, 4.69) is 31.4 Å². The molecule has 1 aliphatic rings. The van der Waals surface area contributed by atoms with Crippen LogP contribution in [0, 0.1) is 5.82 Å². The SMILES string of the molecule is OC1(c2nc(-c3cc(F)cc(Br)c3)no2)CCNC1. The number of rotatable bonds is 2. The quantitative estimate of drug-likeness (QED) is 0.880. The van der Waals surface area contributed by atoms with E-state index in [1.807, 2.05) is 0 Å². The van der Waals surface area contributed by atoms with E-state index in [0.717, 1.165) is 0 Å². The summed E-state index contributed by atoms with van der Waals surface area (Å²) in [5.41, 5.74) is -0.632. The minimum atomic E-state index is -1.13. The Morgan fingerprint density at radius 3 is 2.95 bits per heavy atom. The van der Waals surface area contributed by atoms with Gasteiger partial charge in [0, 0.05) is 16.6 Å². The summed E-state index contributed by atoms with van der Waals surface area (Å²) in [5.74, 6) is 0.0281. The van der Waals surface area contributed by atoms with Crippen molar-refractivity contribution in [1.82, 2.24) is 15.5 Å². The Balaban J connectivity index is 1.96. The molecule has 1 atom stereocenters. The average Bonchev–Trinajstić information content (AvgIpc) is 2.96. The Hall–Kier alpha value is -1.31. The maximum atomic E-state index is 13.3. The van der Waals surface area contributed by atoms with E-state index >= 15 is 0 Å². The second kappa shape index (κ2) is 4.66. The summed E-state index contributed by atoms with van der Waals surface area (Å²) >= 11 is 3.21. The first-order valence-electron chi connectivity index (χ1n) is 5.81. The number of hydrogen-bond donors (Lipinski definition) is 2. The van der Waals surface area contributed by atoms with Crippen molar-refractivity contribution in [3.05, 3.63) is 34.4 Å². The molecule has 1 aromatic carbocycles. The van der Waals surface area contributed by atoms with E-state index in [-0.39, 0.29) is 11.7 Å². The topological polar surface area (TPSA) is 71.2 Å². The molecule has 1 aliphatic heterocycles. The first-order chi connectivity index (χ1) is 9.07. The number of β-amino-alcohol motifs (C(OH)–C–C–N with tert-alkyl or cyclic N) is 1. The highest BCUT2D eigenvalue weighted by molar-refractivity contribution is 9.10. The van der Waals surface area contributed by atoms with E-state index < -0.39 is 11.4 Å². The Kier molecular flexibility index (Phi) is 3.12. The highest BCUT2D eigenvalue weighted by Gasteiger charge is 2.38. The zero-order valence-electron chi connectivity index (χ0n) is 9.86. The second-order valence-electron chi connectivity index (χ2n) is 4.54. The van der Waals surface area contributed by atoms with Crippen molar-refractivity contribution in [2.45, 2.75) is 12.0 Å². The summed E-state index contributed by atoms with van der Waals surface area (Å²) in [4.78, 5) is 4.16. The van der Waals surface area contributed by atoms with Crippen LogP contribution in [0.1, 0.15) is 12.3 Å². The van der Waals surface area contributed by atoms with Gasteiger partial charge < -0.3 is 14.9 Å². The molecule has 100 valence electrons. The minimum absolute atomic E-state index is 0.160. The van der Waals surface area contributed by atoms with Gasteiger partial charge in [0.1, 0.15) is 5.82 Å². The van der Waals surface area contributed by atoms with Gasteiger partial charge in [0.15, 0.2) is 5.60 Å². The zero-order valence-corrected chi connectivity index (χ0v) is 11.4. The van der Waals surface area contributed by atoms with Gasteiger partial charge in [-0.05, 0) is 31.2 Å². The summed E-state index contributed by atoms with van der Waals surface area (Å²) in [6, 6.07) is 4.35. The Bertz CT molecular complexity index is 591. The molecule has 1 fully saturated rings. The summed E-state index contributed by atoms with van der Waals surface area (Å²) in [7, 11) is 0. The van der Waals surface area contributed by atoms with E-state index in [0.29, 0.717) is 29.5 Å². The van der Waals surface area contributed by atoms with Crippen LogP contribution in [0.5, 0.6) is 0 Å². The third-order valence-electron chi connectivity index (χ3n) is 3.08. The molecule has 0 radical (unpaired) electrons. The molecule has 7 heteroatoms. The van der Waals surface area contributed by atoms with Crippen LogP contribution in [-0.2, 0) is 5.60 Å². The highest BCUT2D eigenvalue weighted by Crippen LogP contribution is 2.29. The van der Waals surface area contributed by atoms with Gasteiger partial charge in [0.2, 0.25) is 5.82 Å². The smallest absolute Gasteiger partial charge is 0.260 e. The zero-order chi connectivity index (χ0) is 13.5. The van der Waals surface area contributed by atoms with Crippen LogP contribution in [-0.4, -0.2) is 28.3 Å².